The fraction of sp³-hybridized carbons (Fsp3) is 0.159. The minimum atomic E-state index is -0.0937. The minimum absolute atomic E-state index is 0.0706. The third-order valence-electron chi connectivity index (χ3n) is 9.69. The van der Waals surface area contributed by atoms with Crippen LogP contribution in [0, 0.1) is 0 Å². The average molecular weight is 611 g/mol. The average Bonchev–Trinajstić information content (AvgIpc) is 3.61. The molecule has 1 aliphatic carbocycles. The quantitative estimate of drug-likeness (QED) is 0.194. The van der Waals surface area contributed by atoms with Gasteiger partial charge in [0, 0.05) is 34.1 Å². The normalized spacial score (nSPS) is 13.4. The second-order valence-corrected chi connectivity index (χ2v) is 14.1. The fourth-order valence-electron chi connectivity index (χ4n) is 7.00. The van der Waals surface area contributed by atoms with E-state index in [-0.39, 0.29) is 10.8 Å². The van der Waals surface area contributed by atoms with Gasteiger partial charge in [-0.05, 0) is 92.9 Å². The Kier molecular flexibility index (Phi) is 6.70. The van der Waals surface area contributed by atoms with Crippen LogP contribution in [0.1, 0.15) is 51.3 Å². The Hall–Kier alpha value is -5.41. The van der Waals surface area contributed by atoms with Crippen LogP contribution in [0.3, 0.4) is 0 Å². The van der Waals surface area contributed by atoms with E-state index in [1.54, 1.807) is 0 Å². The summed E-state index contributed by atoms with van der Waals surface area (Å²) in [5, 5.41) is 0. The zero-order valence-electron chi connectivity index (χ0n) is 27.6. The summed E-state index contributed by atoms with van der Waals surface area (Å²) in [4.78, 5) is 7.21. The van der Waals surface area contributed by atoms with Gasteiger partial charge in [-0.3, -0.25) is 0 Å². The van der Waals surface area contributed by atoms with E-state index in [1.165, 1.54) is 38.9 Å². The summed E-state index contributed by atoms with van der Waals surface area (Å²) in [5.74, 6) is 0.620. The van der Waals surface area contributed by atoms with Gasteiger partial charge in [-0.15, -0.1) is 0 Å². The molecule has 3 nitrogen and oxygen atoms in total. The molecule has 0 atom stereocenters. The van der Waals surface area contributed by atoms with Gasteiger partial charge < -0.3 is 9.32 Å². The van der Waals surface area contributed by atoms with Crippen molar-refractivity contribution in [1.29, 1.82) is 0 Å². The number of hydrogen-bond donors (Lipinski definition) is 0. The molecule has 230 valence electrons. The molecule has 1 aromatic heterocycles. The second kappa shape index (κ2) is 10.8. The summed E-state index contributed by atoms with van der Waals surface area (Å²) < 4.78 is 6.44. The maximum atomic E-state index is 6.44. The highest BCUT2D eigenvalue weighted by atomic mass is 16.3. The van der Waals surface area contributed by atoms with Crippen LogP contribution in [0.4, 0.5) is 17.1 Å². The molecule has 0 radical (unpaired) electrons. The van der Waals surface area contributed by atoms with Gasteiger partial charge in [0.1, 0.15) is 5.52 Å². The van der Waals surface area contributed by atoms with Gasteiger partial charge in [0.05, 0.1) is 0 Å². The predicted molar refractivity (Wildman–Crippen MR) is 196 cm³/mol. The first-order chi connectivity index (χ1) is 22.7. The third-order valence-corrected chi connectivity index (χ3v) is 9.69. The first-order valence-corrected chi connectivity index (χ1v) is 16.4. The van der Waals surface area contributed by atoms with Gasteiger partial charge in [0.2, 0.25) is 5.89 Å². The maximum Gasteiger partial charge on any atom is 0.227 e. The lowest BCUT2D eigenvalue weighted by Crippen LogP contribution is -2.17. The number of anilines is 3. The molecule has 0 saturated heterocycles. The van der Waals surface area contributed by atoms with Gasteiger partial charge in [0.15, 0.2) is 5.58 Å². The Morgan fingerprint density at radius 1 is 0.553 bits per heavy atom. The molecule has 0 N–H and O–H groups in total. The van der Waals surface area contributed by atoms with Crippen molar-refractivity contribution in [2.45, 2.75) is 45.4 Å². The number of fused-ring (bicyclic) bond motifs is 4. The second-order valence-electron chi connectivity index (χ2n) is 14.1. The molecular weight excluding hydrogens is 572 g/mol. The van der Waals surface area contributed by atoms with E-state index in [9.17, 15) is 0 Å². The topological polar surface area (TPSA) is 29.3 Å². The lowest BCUT2D eigenvalue weighted by Gasteiger charge is -2.29. The van der Waals surface area contributed by atoms with Crippen LogP contribution in [0.2, 0.25) is 0 Å². The molecule has 7 aromatic rings. The summed E-state index contributed by atoms with van der Waals surface area (Å²) in [5.41, 5.74) is 14.8. The Morgan fingerprint density at radius 3 is 1.89 bits per heavy atom. The van der Waals surface area contributed by atoms with Gasteiger partial charge in [-0.25, -0.2) is 4.98 Å². The smallest absolute Gasteiger partial charge is 0.227 e. The summed E-state index contributed by atoms with van der Waals surface area (Å²) >= 11 is 0. The lowest BCUT2D eigenvalue weighted by molar-refractivity contribution is 0.590. The predicted octanol–water partition coefficient (Wildman–Crippen LogP) is 12.2. The first-order valence-electron chi connectivity index (χ1n) is 16.4. The van der Waals surface area contributed by atoms with E-state index in [0.29, 0.717) is 5.89 Å². The summed E-state index contributed by atoms with van der Waals surface area (Å²) in [6.45, 7) is 11.4. The van der Waals surface area contributed by atoms with Gasteiger partial charge in [-0.2, -0.15) is 0 Å². The Bertz CT molecular complexity index is 2230. The molecule has 1 heterocycles. The van der Waals surface area contributed by atoms with Crippen LogP contribution < -0.4 is 4.90 Å². The van der Waals surface area contributed by atoms with E-state index in [1.807, 2.05) is 6.07 Å². The van der Waals surface area contributed by atoms with Gasteiger partial charge in [0.25, 0.3) is 0 Å². The Labute approximate surface area is 277 Å². The Morgan fingerprint density at radius 2 is 1.15 bits per heavy atom. The molecule has 0 amide bonds. The van der Waals surface area contributed by atoms with Gasteiger partial charge >= 0.3 is 0 Å². The van der Waals surface area contributed by atoms with Crippen molar-refractivity contribution in [3.05, 3.63) is 156 Å². The highest BCUT2D eigenvalue weighted by molar-refractivity contribution is 5.88. The van der Waals surface area contributed by atoms with Crippen LogP contribution in [0.15, 0.2) is 144 Å². The standard InChI is InChI=1S/C44H38N2O/c1-43(2,3)32-19-21-33(22-20-32)46(34-23-25-37-36-13-9-10-14-38(36)44(4,5)39(37)27-34)35-24-26-40-41(28-35)47-42(45-40)31-17-15-30(16-18-31)29-11-7-6-8-12-29/h6-28H,1-5H3. The minimum Gasteiger partial charge on any atom is -0.436 e. The molecule has 0 aliphatic heterocycles. The molecule has 6 aromatic carbocycles. The number of rotatable bonds is 5. The van der Waals surface area contributed by atoms with Crippen molar-refractivity contribution in [2.75, 3.05) is 4.90 Å². The third kappa shape index (κ3) is 5.03. The number of hydrogen-bond acceptors (Lipinski definition) is 3. The van der Waals surface area contributed by atoms with Crippen molar-refractivity contribution >= 4 is 28.2 Å². The van der Waals surface area contributed by atoms with E-state index in [4.69, 9.17) is 9.40 Å². The van der Waals surface area contributed by atoms with Crippen molar-refractivity contribution in [2.24, 2.45) is 0 Å². The highest BCUT2D eigenvalue weighted by Crippen LogP contribution is 2.50. The monoisotopic (exact) mass is 610 g/mol. The lowest BCUT2D eigenvalue weighted by atomic mass is 9.82. The summed E-state index contributed by atoms with van der Waals surface area (Å²) in [6, 6.07) is 49.9. The molecule has 0 spiro atoms. The van der Waals surface area contributed by atoms with E-state index in [0.717, 1.165) is 33.7 Å². The van der Waals surface area contributed by atoms with E-state index >= 15 is 0 Å². The first kappa shape index (κ1) is 29.0. The highest BCUT2D eigenvalue weighted by Gasteiger charge is 2.35. The molecule has 0 fully saturated rings. The van der Waals surface area contributed by atoms with Crippen LogP contribution in [-0.4, -0.2) is 4.98 Å². The fourth-order valence-corrected chi connectivity index (χ4v) is 7.00. The number of aromatic nitrogens is 1. The molecule has 0 saturated carbocycles. The number of nitrogens with zero attached hydrogens (tertiary/aromatic N) is 2. The zero-order chi connectivity index (χ0) is 32.3. The zero-order valence-corrected chi connectivity index (χ0v) is 27.6. The van der Waals surface area contributed by atoms with E-state index < -0.39 is 0 Å². The molecule has 0 bridgehead atoms. The van der Waals surface area contributed by atoms with Crippen LogP contribution in [-0.2, 0) is 10.8 Å². The van der Waals surface area contributed by atoms with Gasteiger partial charge in [-0.1, -0.05) is 120 Å². The molecule has 0 unspecified atom stereocenters. The number of oxazole rings is 1. The summed E-state index contributed by atoms with van der Waals surface area (Å²) in [7, 11) is 0. The number of benzene rings is 6. The van der Waals surface area contributed by atoms with Crippen LogP contribution >= 0.6 is 0 Å². The Balaban J connectivity index is 1.21. The van der Waals surface area contributed by atoms with Crippen LogP contribution in [0.5, 0.6) is 0 Å². The largest absolute Gasteiger partial charge is 0.436 e. The van der Waals surface area contributed by atoms with Crippen LogP contribution in [0.25, 0.3) is 44.8 Å². The van der Waals surface area contributed by atoms with Crippen molar-refractivity contribution in [3.8, 4) is 33.7 Å². The molecule has 1 aliphatic rings. The van der Waals surface area contributed by atoms with E-state index in [2.05, 4.69) is 173 Å². The maximum absolute atomic E-state index is 6.44. The van der Waals surface area contributed by atoms with Crippen molar-refractivity contribution < 1.29 is 4.42 Å². The summed E-state index contributed by atoms with van der Waals surface area (Å²) in [6.07, 6.45) is 0. The molecule has 8 rings (SSSR count). The van der Waals surface area contributed by atoms with Crippen molar-refractivity contribution in [1.82, 2.24) is 4.98 Å². The molecule has 3 heteroatoms. The molecule has 47 heavy (non-hydrogen) atoms. The SMILES string of the molecule is CC(C)(C)c1ccc(N(c2ccc3c(c2)C(C)(C)c2ccccc2-3)c2ccc3nc(-c4ccc(-c5ccccc5)cc4)oc3c2)cc1. The molecular formula is C44H38N2O. The van der Waals surface area contributed by atoms with Crippen molar-refractivity contribution in [3.63, 3.8) is 0 Å².